The minimum Gasteiger partial charge on any atom is -0.399 e. The highest BCUT2D eigenvalue weighted by Gasteiger charge is 2.04. The summed E-state index contributed by atoms with van der Waals surface area (Å²) in [4.78, 5) is 0. The van der Waals surface area contributed by atoms with Gasteiger partial charge in [-0.3, -0.25) is 4.72 Å². The summed E-state index contributed by atoms with van der Waals surface area (Å²) < 4.78 is 44.0. The molecule has 2 rings (SSSR count). The lowest BCUT2D eigenvalue weighted by molar-refractivity contribution is 0.602. The van der Waals surface area contributed by atoms with Crippen molar-refractivity contribution in [1.82, 2.24) is 0 Å². The molecule has 0 amide bonds. The quantitative estimate of drug-likeness (QED) is 0.461. The maximum atomic E-state index is 11.1. The number of para-hydroxylation sites is 2. The Morgan fingerprint density at radius 1 is 0.960 bits per heavy atom. The van der Waals surface area contributed by atoms with Crippen LogP contribution in [0.3, 0.4) is 0 Å². The van der Waals surface area contributed by atoms with Gasteiger partial charge < -0.3 is 5.73 Å². The average molecular weight is 406 g/mol. The molecule has 138 valence electrons. The molecule has 6 nitrogen and oxygen atoms in total. The summed E-state index contributed by atoms with van der Waals surface area (Å²) in [6, 6.07) is 18.3. The molecule has 2 aromatic carbocycles. The van der Waals surface area contributed by atoms with Crippen molar-refractivity contribution in [2.24, 2.45) is 0 Å². The molecule has 0 aromatic heterocycles. The number of benzene rings is 2. The van der Waals surface area contributed by atoms with Crippen LogP contribution in [0.4, 0.5) is 11.4 Å². The monoisotopic (exact) mass is 405 g/mol. The third kappa shape index (κ3) is 14.2. The molecule has 0 fully saturated rings. The number of nitrogen functional groups attached to an aromatic ring is 1. The summed E-state index contributed by atoms with van der Waals surface area (Å²) in [6.45, 7) is 4.64. The van der Waals surface area contributed by atoms with E-state index in [4.69, 9.17) is 5.73 Å². The zero-order valence-corrected chi connectivity index (χ0v) is 16.2. The van der Waals surface area contributed by atoms with Crippen LogP contribution in [0.2, 0.25) is 0 Å². The SMILES string of the molecule is CCS(=O)(=O)Nc1ccccc1.Nc1ccccc1.[CH2+]CS(=O)(=O)Cl. The Labute approximate surface area is 154 Å². The van der Waals surface area contributed by atoms with Gasteiger partial charge in [0, 0.05) is 22.1 Å². The van der Waals surface area contributed by atoms with Gasteiger partial charge in [-0.2, -0.15) is 0 Å². The van der Waals surface area contributed by atoms with Crippen molar-refractivity contribution in [1.29, 1.82) is 0 Å². The first-order valence-electron chi connectivity index (χ1n) is 7.17. The van der Waals surface area contributed by atoms with E-state index in [0.717, 1.165) is 5.69 Å². The van der Waals surface area contributed by atoms with Gasteiger partial charge in [0.25, 0.3) is 9.05 Å². The predicted octanol–water partition coefficient (Wildman–Crippen LogP) is 3.11. The Kier molecular flexibility index (Phi) is 10.7. The summed E-state index contributed by atoms with van der Waals surface area (Å²) >= 11 is 0. The van der Waals surface area contributed by atoms with Crippen molar-refractivity contribution in [2.45, 2.75) is 6.92 Å². The van der Waals surface area contributed by atoms with Crippen LogP contribution in [-0.2, 0) is 19.1 Å². The summed E-state index contributed by atoms with van der Waals surface area (Å²) in [7, 11) is -1.80. The molecule has 0 saturated heterocycles. The molecule has 0 saturated carbocycles. The molecule has 0 bridgehead atoms. The molecule has 9 heteroatoms. The molecule has 0 heterocycles. The van der Waals surface area contributed by atoms with Gasteiger partial charge in [-0.15, -0.1) is 0 Å². The molecule has 0 aliphatic carbocycles. The Morgan fingerprint density at radius 2 is 1.36 bits per heavy atom. The number of nitrogens with one attached hydrogen (secondary N) is 1. The number of anilines is 2. The zero-order valence-electron chi connectivity index (χ0n) is 13.8. The Balaban J connectivity index is 0.000000378. The van der Waals surface area contributed by atoms with Gasteiger partial charge in [-0.1, -0.05) is 36.4 Å². The predicted molar refractivity (Wildman–Crippen MR) is 105 cm³/mol. The normalized spacial score (nSPS) is 10.5. The fraction of sp³-hybridized carbons (Fsp3) is 0.188. The molecule has 0 unspecified atom stereocenters. The second-order valence-electron chi connectivity index (χ2n) is 4.53. The van der Waals surface area contributed by atoms with E-state index in [-0.39, 0.29) is 11.5 Å². The van der Waals surface area contributed by atoms with Crippen LogP contribution in [0.5, 0.6) is 0 Å². The van der Waals surface area contributed by atoms with Crippen molar-refractivity contribution in [3.05, 3.63) is 67.6 Å². The van der Waals surface area contributed by atoms with Gasteiger partial charge in [0.15, 0.2) is 5.75 Å². The Hall–Kier alpha value is -1.90. The summed E-state index contributed by atoms with van der Waals surface area (Å²) in [6.07, 6.45) is 0. The number of sulfonamides is 1. The number of halogens is 1. The average Bonchev–Trinajstić information content (AvgIpc) is 2.57. The summed E-state index contributed by atoms with van der Waals surface area (Å²) in [5.74, 6) is -0.142. The number of hydrogen-bond acceptors (Lipinski definition) is 5. The number of hydrogen-bond donors (Lipinski definition) is 2. The largest absolute Gasteiger partial charge is 0.399 e. The van der Waals surface area contributed by atoms with E-state index in [9.17, 15) is 16.8 Å². The molecule has 0 spiro atoms. The van der Waals surface area contributed by atoms with Crippen LogP contribution < -0.4 is 10.5 Å². The van der Waals surface area contributed by atoms with Gasteiger partial charge in [0.05, 0.1) is 12.7 Å². The third-order valence-corrected chi connectivity index (χ3v) is 4.73. The van der Waals surface area contributed by atoms with Crippen LogP contribution in [0.1, 0.15) is 6.92 Å². The molecular weight excluding hydrogens is 384 g/mol. The lowest BCUT2D eigenvalue weighted by Crippen LogP contribution is -2.14. The molecule has 3 N–H and O–H groups in total. The first-order chi connectivity index (χ1) is 11.6. The van der Waals surface area contributed by atoms with Crippen LogP contribution in [-0.4, -0.2) is 28.3 Å². The van der Waals surface area contributed by atoms with E-state index in [1.54, 1.807) is 31.2 Å². The fourth-order valence-corrected chi connectivity index (χ4v) is 1.85. The fourth-order valence-electron chi connectivity index (χ4n) is 1.21. The van der Waals surface area contributed by atoms with Crippen molar-refractivity contribution in [3.63, 3.8) is 0 Å². The van der Waals surface area contributed by atoms with Crippen LogP contribution in [0.25, 0.3) is 0 Å². The molecule has 0 radical (unpaired) electrons. The van der Waals surface area contributed by atoms with Crippen molar-refractivity contribution in [2.75, 3.05) is 22.0 Å². The van der Waals surface area contributed by atoms with Crippen molar-refractivity contribution in [3.8, 4) is 0 Å². The second-order valence-corrected chi connectivity index (χ2v) is 9.43. The van der Waals surface area contributed by atoms with E-state index in [2.05, 4.69) is 22.3 Å². The minimum absolute atomic E-state index is 0.0991. The van der Waals surface area contributed by atoms with Gasteiger partial charge in [0.1, 0.15) is 0 Å². The molecular formula is C16H22ClN2O4S2+. The summed E-state index contributed by atoms with van der Waals surface area (Å²) in [5, 5.41) is 0. The first kappa shape index (κ1) is 23.1. The van der Waals surface area contributed by atoms with Crippen LogP contribution in [0.15, 0.2) is 60.7 Å². The molecule has 0 aliphatic rings. The van der Waals surface area contributed by atoms with Crippen molar-refractivity contribution >= 4 is 41.1 Å². The van der Waals surface area contributed by atoms with Gasteiger partial charge in [-0.05, 0) is 31.2 Å². The maximum absolute atomic E-state index is 11.1. The lowest BCUT2D eigenvalue weighted by Gasteiger charge is -2.04. The van der Waals surface area contributed by atoms with E-state index in [1.807, 2.05) is 36.4 Å². The van der Waals surface area contributed by atoms with E-state index in [0.29, 0.717) is 5.69 Å². The smallest absolute Gasteiger partial charge is 0.273 e. The van der Waals surface area contributed by atoms with Gasteiger partial charge in [-0.25, -0.2) is 16.8 Å². The van der Waals surface area contributed by atoms with Crippen LogP contribution in [0, 0.1) is 6.92 Å². The van der Waals surface area contributed by atoms with Gasteiger partial charge in [0.2, 0.25) is 10.0 Å². The maximum Gasteiger partial charge on any atom is 0.273 e. The van der Waals surface area contributed by atoms with E-state index < -0.39 is 19.1 Å². The van der Waals surface area contributed by atoms with Crippen molar-refractivity contribution < 1.29 is 16.8 Å². The molecule has 0 atom stereocenters. The molecule has 2 aromatic rings. The highest BCUT2D eigenvalue weighted by atomic mass is 35.7. The van der Waals surface area contributed by atoms with Crippen LogP contribution >= 0.6 is 10.7 Å². The lowest BCUT2D eigenvalue weighted by atomic mass is 10.3. The third-order valence-electron chi connectivity index (χ3n) is 2.47. The topological polar surface area (TPSA) is 106 Å². The highest BCUT2D eigenvalue weighted by molar-refractivity contribution is 8.13. The number of nitrogens with two attached hydrogens (primary N) is 1. The first-order valence-corrected chi connectivity index (χ1v) is 11.3. The molecule has 25 heavy (non-hydrogen) atoms. The summed E-state index contributed by atoms with van der Waals surface area (Å²) in [5.41, 5.74) is 6.79. The number of rotatable bonds is 4. The second kappa shape index (κ2) is 11.6. The van der Waals surface area contributed by atoms with E-state index >= 15 is 0 Å². The minimum atomic E-state index is -3.30. The standard InChI is InChI=1S/C8H11NO2S.C6H7N.C2H4ClO2S/c1-2-12(10,11)9-8-6-4-3-5-7-8;7-6-4-2-1-3-5-6;1-2-6(3,4)5/h3-7,9H,2H2,1H3;1-5H,7H2;1-2H2/q;;+1. The van der Waals surface area contributed by atoms with Gasteiger partial charge >= 0.3 is 0 Å². The zero-order chi connectivity index (χ0) is 19.3. The Bertz CT molecular complexity index is 797. The molecule has 0 aliphatic heterocycles. The van der Waals surface area contributed by atoms with E-state index in [1.165, 1.54) is 0 Å². The Morgan fingerprint density at radius 3 is 1.64 bits per heavy atom. The highest BCUT2D eigenvalue weighted by Crippen LogP contribution is 2.07.